The van der Waals surface area contributed by atoms with Gasteiger partial charge in [0.2, 0.25) is 0 Å². The normalized spacial score (nSPS) is 27.2. The molecule has 0 spiro atoms. The lowest BCUT2D eigenvalue weighted by atomic mass is 9.74. The molecule has 1 aliphatic rings. The van der Waals surface area contributed by atoms with Crippen molar-refractivity contribution in [1.82, 2.24) is 0 Å². The lowest BCUT2D eigenvalue weighted by Gasteiger charge is -2.36. The van der Waals surface area contributed by atoms with Crippen LogP contribution in [-0.4, -0.2) is 10.5 Å². The summed E-state index contributed by atoms with van der Waals surface area (Å²) in [6.07, 6.45) is 4.70. The highest BCUT2D eigenvalue weighted by Gasteiger charge is 2.32. The Morgan fingerprint density at radius 2 is 2.11 bits per heavy atom. The monoisotopic (exact) mass is 326 g/mol. The molecule has 0 aliphatic heterocycles. The number of nitrogens with zero attached hydrogens (tertiary/aromatic N) is 1. The second kappa shape index (κ2) is 5.59. The number of nitro groups is 1. The molecule has 4 nitrogen and oxygen atoms in total. The minimum atomic E-state index is -0.324. The lowest BCUT2D eigenvalue weighted by molar-refractivity contribution is -0.385. The molecule has 1 saturated carbocycles. The number of benzene rings is 1. The van der Waals surface area contributed by atoms with Crippen molar-refractivity contribution in [3.63, 3.8) is 0 Å². The van der Waals surface area contributed by atoms with Crippen LogP contribution in [0.15, 0.2) is 22.7 Å². The van der Waals surface area contributed by atoms with Gasteiger partial charge in [-0.15, -0.1) is 0 Å². The molecule has 0 amide bonds. The third-order valence-electron chi connectivity index (χ3n) is 4.06. The van der Waals surface area contributed by atoms with E-state index in [1.54, 1.807) is 6.07 Å². The van der Waals surface area contributed by atoms with Gasteiger partial charge in [0, 0.05) is 21.6 Å². The zero-order chi connectivity index (χ0) is 14.0. The Labute approximate surface area is 121 Å². The first-order valence-corrected chi connectivity index (χ1v) is 7.41. The summed E-state index contributed by atoms with van der Waals surface area (Å²) >= 11 is 3.28. The predicted octanol–water partition coefficient (Wildman–Crippen LogP) is 3.81. The van der Waals surface area contributed by atoms with Crippen LogP contribution in [0, 0.1) is 16.0 Å². The van der Waals surface area contributed by atoms with Gasteiger partial charge in [-0.2, -0.15) is 0 Å². The minimum absolute atomic E-state index is 0.165. The van der Waals surface area contributed by atoms with Crippen molar-refractivity contribution in [3.05, 3.63) is 38.3 Å². The van der Waals surface area contributed by atoms with Gasteiger partial charge >= 0.3 is 0 Å². The fourth-order valence-electron chi connectivity index (χ4n) is 2.75. The molecule has 104 valence electrons. The third-order valence-corrected chi connectivity index (χ3v) is 4.55. The Hall–Kier alpha value is -0.940. The van der Waals surface area contributed by atoms with Crippen LogP contribution in [-0.2, 0) is 6.42 Å². The summed E-state index contributed by atoms with van der Waals surface area (Å²) in [4.78, 5) is 10.8. The van der Waals surface area contributed by atoms with Crippen LogP contribution in [0.1, 0.15) is 38.2 Å². The number of nitrogens with two attached hydrogens (primary N) is 1. The van der Waals surface area contributed by atoms with Crippen molar-refractivity contribution in [1.29, 1.82) is 0 Å². The van der Waals surface area contributed by atoms with Crippen molar-refractivity contribution in [2.75, 3.05) is 0 Å². The molecular formula is C14H19BrN2O2. The van der Waals surface area contributed by atoms with E-state index in [4.69, 9.17) is 5.73 Å². The van der Waals surface area contributed by atoms with Gasteiger partial charge in [0.05, 0.1) is 4.92 Å². The number of hydrogen-bond acceptors (Lipinski definition) is 3. The zero-order valence-corrected chi connectivity index (χ0v) is 12.6. The molecule has 0 unspecified atom stereocenters. The van der Waals surface area contributed by atoms with E-state index in [1.807, 2.05) is 12.1 Å². The topological polar surface area (TPSA) is 69.2 Å². The van der Waals surface area contributed by atoms with E-state index in [0.29, 0.717) is 6.42 Å². The Balaban J connectivity index is 2.21. The average Bonchev–Trinajstić information content (AvgIpc) is 2.35. The van der Waals surface area contributed by atoms with E-state index in [2.05, 4.69) is 22.9 Å². The van der Waals surface area contributed by atoms with Gasteiger partial charge in [0.15, 0.2) is 0 Å². The number of halogens is 1. The summed E-state index contributed by atoms with van der Waals surface area (Å²) in [6.45, 7) is 2.24. The van der Waals surface area contributed by atoms with E-state index in [9.17, 15) is 10.1 Å². The maximum absolute atomic E-state index is 11.1. The standard InChI is InChI=1S/C14H19BrN2O2/c1-10-4-6-14(16,7-5-10)9-11-2-3-12(15)8-13(11)17(18)19/h2-3,8,10H,4-7,9,16H2,1H3. The van der Waals surface area contributed by atoms with Crippen LogP contribution in [0.25, 0.3) is 0 Å². The third kappa shape index (κ3) is 3.54. The Kier molecular flexibility index (Phi) is 4.26. The minimum Gasteiger partial charge on any atom is -0.325 e. The summed E-state index contributed by atoms with van der Waals surface area (Å²) in [5.74, 6) is 0.719. The molecule has 1 fully saturated rings. The molecule has 0 atom stereocenters. The first-order chi connectivity index (χ1) is 8.89. The van der Waals surface area contributed by atoms with Crippen molar-refractivity contribution < 1.29 is 4.92 Å². The molecule has 2 rings (SSSR count). The molecule has 0 aromatic heterocycles. The predicted molar refractivity (Wildman–Crippen MR) is 79.1 cm³/mol. The van der Waals surface area contributed by atoms with Gasteiger partial charge in [-0.3, -0.25) is 10.1 Å². The van der Waals surface area contributed by atoms with Gasteiger partial charge in [0.1, 0.15) is 0 Å². The lowest BCUT2D eigenvalue weighted by Crippen LogP contribution is -2.45. The van der Waals surface area contributed by atoms with E-state index in [0.717, 1.165) is 41.6 Å². The van der Waals surface area contributed by atoms with Crippen LogP contribution < -0.4 is 5.73 Å². The summed E-state index contributed by atoms with van der Waals surface area (Å²) in [5, 5.41) is 11.1. The first kappa shape index (κ1) is 14.5. The molecule has 0 bridgehead atoms. The molecule has 0 saturated heterocycles. The Bertz CT molecular complexity index is 482. The molecule has 1 aromatic carbocycles. The Morgan fingerprint density at radius 3 is 2.68 bits per heavy atom. The quantitative estimate of drug-likeness (QED) is 0.678. The van der Waals surface area contributed by atoms with E-state index in [1.165, 1.54) is 0 Å². The van der Waals surface area contributed by atoms with E-state index >= 15 is 0 Å². The fourth-order valence-corrected chi connectivity index (χ4v) is 3.10. The molecule has 1 aromatic rings. The second-order valence-electron chi connectivity index (χ2n) is 5.75. The highest BCUT2D eigenvalue weighted by atomic mass is 79.9. The van der Waals surface area contributed by atoms with E-state index in [-0.39, 0.29) is 16.1 Å². The maximum atomic E-state index is 11.1. The highest BCUT2D eigenvalue weighted by molar-refractivity contribution is 9.10. The van der Waals surface area contributed by atoms with Crippen molar-refractivity contribution in [3.8, 4) is 0 Å². The summed E-state index contributed by atoms with van der Waals surface area (Å²) < 4.78 is 0.728. The molecule has 2 N–H and O–H groups in total. The van der Waals surface area contributed by atoms with Crippen molar-refractivity contribution in [2.45, 2.75) is 44.6 Å². The summed E-state index contributed by atoms with van der Waals surface area (Å²) in [7, 11) is 0. The maximum Gasteiger partial charge on any atom is 0.273 e. The van der Waals surface area contributed by atoms with Gasteiger partial charge < -0.3 is 5.73 Å². The Morgan fingerprint density at radius 1 is 1.47 bits per heavy atom. The van der Waals surface area contributed by atoms with Crippen LogP contribution in [0.4, 0.5) is 5.69 Å². The molecule has 19 heavy (non-hydrogen) atoms. The summed E-state index contributed by atoms with van der Waals surface area (Å²) in [5.41, 5.74) is 7.05. The molecule has 0 radical (unpaired) electrons. The smallest absolute Gasteiger partial charge is 0.273 e. The van der Waals surface area contributed by atoms with Gasteiger partial charge in [-0.25, -0.2) is 0 Å². The largest absolute Gasteiger partial charge is 0.325 e. The average molecular weight is 327 g/mol. The van der Waals surface area contributed by atoms with Crippen LogP contribution in [0.3, 0.4) is 0 Å². The van der Waals surface area contributed by atoms with Crippen LogP contribution in [0.5, 0.6) is 0 Å². The van der Waals surface area contributed by atoms with Gasteiger partial charge in [-0.05, 0) is 44.1 Å². The van der Waals surface area contributed by atoms with Gasteiger partial charge in [-0.1, -0.05) is 28.9 Å². The zero-order valence-electron chi connectivity index (χ0n) is 11.1. The van der Waals surface area contributed by atoms with E-state index < -0.39 is 0 Å². The first-order valence-electron chi connectivity index (χ1n) is 6.61. The molecule has 5 heteroatoms. The highest BCUT2D eigenvalue weighted by Crippen LogP contribution is 2.35. The fraction of sp³-hybridized carbons (Fsp3) is 0.571. The van der Waals surface area contributed by atoms with Crippen LogP contribution in [0.2, 0.25) is 0 Å². The number of nitro benzene ring substituents is 1. The SMILES string of the molecule is CC1CCC(N)(Cc2ccc(Br)cc2[N+](=O)[O-])CC1. The molecular weight excluding hydrogens is 308 g/mol. The summed E-state index contributed by atoms with van der Waals surface area (Å²) in [6, 6.07) is 5.22. The van der Waals surface area contributed by atoms with Crippen molar-refractivity contribution >= 4 is 21.6 Å². The molecule has 0 heterocycles. The number of hydrogen-bond donors (Lipinski definition) is 1. The van der Waals surface area contributed by atoms with Crippen LogP contribution >= 0.6 is 15.9 Å². The van der Waals surface area contributed by atoms with Crippen molar-refractivity contribution in [2.24, 2.45) is 11.7 Å². The van der Waals surface area contributed by atoms with Gasteiger partial charge in [0.25, 0.3) is 5.69 Å². The molecule has 1 aliphatic carbocycles. The second-order valence-corrected chi connectivity index (χ2v) is 6.67. The number of rotatable bonds is 3.